The van der Waals surface area contributed by atoms with Crippen LogP contribution in [0.1, 0.15) is 36.4 Å². The smallest absolute Gasteiger partial charge is 0.217 e. The summed E-state index contributed by atoms with van der Waals surface area (Å²) in [6.07, 6.45) is 1.81. The van der Waals surface area contributed by atoms with Gasteiger partial charge >= 0.3 is 0 Å². The maximum absolute atomic E-state index is 10.8. The molecule has 0 bridgehead atoms. The van der Waals surface area contributed by atoms with Crippen LogP contribution < -0.4 is 4.74 Å². The first-order valence-corrected chi connectivity index (χ1v) is 7.27. The van der Waals surface area contributed by atoms with E-state index in [4.69, 9.17) is 4.74 Å². The summed E-state index contributed by atoms with van der Waals surface area (Å²) >= 11 is 3.45. The number of aryl methyl sites for hydroxylation is 3. The van der Waals surface area contributed by atoms with Gasteiger partial charge in [0.15, 0.2) is 0 Å². The second-order valence-corrected chi connectivity index (χ2v) is 5.49. The molecule has 20 heavy (non-hydrogen) atoms. The monoisotopic (exact) mass is 342 g/mol. The van der Waals surface area contributed by atoms with Gasteiger partial charge in [0.1, 0.15) is 6.10 Å². The molecule has 0 spiro atoms. The van der Waals surface area contributed by atoms with Crippen LogP contribution in [0.2, 0.25) is 0 Å². The van der Waals surface area contributed by atoms with Gasteiger partial charge in [0.2, 0.25) is 5.88 Å². The third-order valence-corrected chi connectivity index (χ3v) is 3.82. The van der Waals surface area contributed by atoms with Gasteiger partial charge in [0.05, 0.1) is 34.7 Å². The molecule has 0 saturated heterocycles. The van der Waals surface area contributed by atoms with Crippen LogP contribution in [0.3, 0.4) is 0 Å². The van der Waals surface area contributed by atoms with E-state index in [1.54, 1.807) is 29.7 Å². The Morgan fingerprint density at radius 2 is 2.20 bits per heavy atom. The molecule has 0 aliphatic heterocycles. The summed E-state index contributed by atoms with van der Waals surface area (Å²) < 4.78 is 9.57. The Morgan fingerprint density at radius 1 is 1.50 bits per heavy atom. The summed E-state index contributed by atoms with van der Waals surface area (Å²) in [5, 5.41) is 19.3. The minimum absolute atomic E-state index is 0.561. The van der Waals surface area contributed by atoms with Gasteiger partial charge in [0, 0.05) is 13.6 Å². The lowest BCUT2D eigenvalue weighted by Crippen LogP contribution is -2.12. The predicted octanol–water partition coefficient (Wildman–Crippen LogP) is 2.19. The Hall–Kier alpha value is -1.34. The average Bonchev–Trinajstić information content (AvgIpc) is 2.89. The summed E-state index contributed by atoms with van der Waals surface area (Å²) in [6.45, 7) is 4.68. The van der Waals surface area contributed by atoms with Crippen molar-refractivity contribution in [2.75, 3.05) is 7.11 Å². The molecule has 7 heteroatoms. The van der Waals surface area contributed by atoms with E-state index in [1.807, 2.05) is 6.92 Å². The maximum Gasteiger partial charge on any atom is 0.217 e. The molecule has 2 rings (SSSR count). The van der Waals surface area contributed by atoms with Gasteiger partial charge in [-0.2, -0.15) is 10.2 Å². The van der Waals surface area contributed by atoms with Crippen LogP contribution in [-0.4, -0.2) is 31.8 Å². The maximum atomic E-state index is 10.8. The quantitative estimate of drug-likeness (QED) is 0.904. The van der Waals surface area contributed by atoms with E-state index in [9.17, 15) is 5.11 Å². The summed E-state index contributed by atoms with van der Waals surface area (Å²) in [7, 11) is 3.37. The van der Waals surface area contributed by atoms with Gasteiger partial charge in [-0.3, -0.25) is 4.68 Å². The van der Waals surface area contributed by atoms with Crippen LogP contribution in [0.25, 0.3) is 0 Å². The zero-order valence-electron chi connectivity index (χ0n) is 12.1. The standard InChI is InChI=1S/C13H19BrN4O2/c1-5-6-18-11(9(14)7-15-18)12(19)10-8(2)16-17(3)13(10)20-4/h7,12,19H,5-6H2,1-4H3. The van der Waals surface area contributed by atoms with Crippen molar-refractivity contribution in [1.29, 1.82) is 0 Å². The second-order valence-electron chi connectivity index (χ2n) is 4.64. The fourth-order valence-electron chi connectivity index (χ4n) is 2.38. The van der Waals surface area contributed by atoms with Crippen molar-refractivity contribution in [3.8, 4) is 5.88 Å². The minimum atomic E-state index is -0.831. The molecule has 0 aliphatic carbocycles. The van der Waals surface area contributed by atoms with E-state index in [0.717, 1.165) is 28.8 Å². The molecule has 0 aromatic carbocycles. The summed E-state index contributed by atoms with van der Waals surface area (Å²) in [6, 6.07) is 0. The topological polar surface area (TPSA) is 65.1 Å². The highest BCUT2D eigenvalue weighted by atomic mass is 79.9. The fraction of sp³-hybridized carbons (Fsp3) is 0.538. The van der Waals surface area contributed by atoms with Gasteiger partial charge in [-0.15, -0.1) is 0 Å². The van der Waals surface area contributed by atoms with Crippen LogP contribution in [0.4, 0.5) is 0 Å². The van der Waals surface area contributed by atoms with E-state index < -0.39 is 6.10 Å². The van der Waals surface area contributed by atoms with Crippen molar-refractivity contribution in [2.24, 2.45) is 7.05 Å². The molecular formula is C13H19BrN4O2. The first-order valence-electron chi connectivity index (χ1n) is 6.48. The number of aliphatic hydroxyl groups excluding tert-OH is 1. The van der Waals surface area contributed by atoms with Gasteiger partial charge < -0.3 is 9.84 Å². The Labute approximate surface area is 126 Å². The first-order chi connectivity index (χ1) is 9.51. The first kappa shape index (κ1) is 15.1. The van der Waals surface area contributed by atoms with E-state index in [0.29, 0.717) is 11.4 Å². The third-order valence-electron chi connectivity index (χ3n) is 3.21. The highest BCUT2D eigenvalue weighted by molar-refractivity contribution is 9.10. The molecule has 1 N–H and O–H groups in total. The van der Waals surface area contributed by atoms with Crippen LogP contribution in [0.15, 0.2) is 10.7 Å². The minimum Gasteiger partial charge on any atom is -0.481 e. The molecule has 6 nitrogen and oxygen atoms in total. The Kier molecular flexibility index (Phi) is 4.49. The van der Waals surface area contributed by atoms with Crippen molar-refractivity contribution in [1.82, 2.24) is 19.6 Å². The Bertz CT molecular complexity index is 606. The van der Waals surface area contributed by atoms with E-state index >= 15 is 0 Å². The molecule has 2 heterocycles. The number of hydrogen-bond donors (Lipinski definition) is 1. The molecular weight excluding hydrogens is 324 g/mol. The zero-order valence-corrected chi connectivity index (χ0v) is 13.7. The van der Waals surface area contributed by atoms with Crippen molar-refractivity contribution in [2.45, 2.75) is 32.9 Å². The number of methoxy groups -OCH3 is 1. The number of hydrogen-bond acceptors (Lipinski definition) is 4. The van der Waals surface area contributed by atoms with E-state index in [-0.39, 0.29) is 0 Å². The highest BCUT2D eigenvalue weighted by Crippen LogP contribution is 2.35. The third kappa shape index (κ3) is 2.47. The van der Waals surface area contributed by atoms with Crippen molar-refractivity contribution in [3.63, 3.8) is 0 Å². The number of aliphatic hydroxyl groups is 1. The molecule has 110 valence electrons. The lowest BCUT2D eigenvalue weighted by atomic mass is 10.1. The number of ether oxygens (including phenoxy) is 1. The largest absolute Gasteiger partial charge is 0.481 e. The van der Waals surface area contributed by atoms with Crippen LogP contribution in [0, 0.1) is 6.92 Å². The zero-order chi connectivity index (χ0) is 14.9. The van der Waals surface area contributed by atoms with Crippen molar-refractivity contribution < 1.29 is 9.84 Å². The number of rotatable bonds is 5. The Balaban J connectivity index is 2.51. The highest BCUT2D eigenvalue weighted by Gasteiger charge is 2.27. The van der Waals surface area contributed by atoms with Gasteiger partial charge in [-0.25, -0.2) is 4.68 Å². The summed E-state index contributed by atoms with van der Waals surface area (Å²) in [5.74, 6) is 0.561. The number of aromatic nitrogens is 4. The molecule has 1 atom stereocenters. The van der Waals surface area contributed by atoms with Crippen molar-refractivity contribution >= 4 is 15.9 Å². The molecule has 0 fully saturated rings. The summed E-state index contributed by atoms with van der Waals surface area (Å²) in [5.41, 5.74) is 2.14. The average molecular weight is 343 g/mol. The van der Waals surface area contributed by atoms with E-state index in [2.05, 4.69) is 33.1 Å². The molecule has 1 unspecified atom stereocenters. The van der Waals surface area contributed by atoms with Crippen LogP contribution in [-0.2, 0) is 13.6 Å². The predicted molar refractivity (Wildman–Crippen MR) is 78.8 cm³/mol. The molecule has 2 aromatic rings. The summed E-state index contributed by atoms with van der Waals surface area (Å²) in [4.78, 5) is 0. The fourth-order valence-corrected chi connectivity index (χ4v) is 2.89. The van der Waals surface area contributed by atoms with E-state index in [1.165, 1.54) is 0 Å². The van der Waals surface area contributed by atoms with Crippen LogP contribution >= 0.6 is 15.9 Å². The lowest BCUT2D eigenvalue weighted by molar-refractivity contribution is 0.200. The molecule has 2 aromatic heterocycles. The van der Waals surface area contributed by atoms with Crippen LogP contribution in [0.5, 0.6) is 5.88 Å². The molecule has 0 amide bonds. The molecule has 0 saturated carbocycles. The van der Waals surface area contributed by atoms with Gasteiger partial charge in [0.25, 0.3) is 0 Å². The molecule has 0 aliphatic rings. The SMILES string of the molecule is CCCn1ncc(Br)c1C(O)c1c(C)nn(C)c1OC. The second kappa shape index (κ2) is 5.97. The number of halogens is 1. The molecule has 0 radical (unpaired) electrons. The van der Waals surface area contributed by atoms with Crippen molar-refractivity contribution in [3.05, 3.63) is 27.6 Å². The Morgan fingerprint density at radius 3 is 2.80 bits per heavy atom. The lowest BCUT2D eigenvalue weighted by Gasteiger charge is -2.15. The number of nitrogens with zero attached hydrogens (tertiary/aromatic N) is 4. The normalized spacial score (nSPS) is 12.7. The van der Waals surface area contributed by atoms with Gasteiger partial charge in [-0.05, 0) is 29.3 Å². The van der Waals surface area contributed by atoms with Gasteiger partial charge in [-0.1, -0.05) is 6.92 Å².